The normalized spacial score (nSPS) is 16.9. The van der Waals surface area contributed by atoms with Gasteiger partial charge in [-0.25, -0.2) is 4.79 Å². The number of ether oxygens (including phenoxy) is 2. The van der Waals surface area contributed by atoms with Gasteiger partial charge in [-0.3, -0.25) is 14.3 Å². The van der Waals surface area contributed by atoms with Crippen molar-refractivity contribution in [3.63, 3.8) is 0 Å². The molecule has 0 atom stereocenters. The molecule has 0 saturated carbocycles. The van der Waals surface area contributed by atoms with Gasteiger partial charge >= 0.3 is 5.97 Å². The Kier molecular flexibility index (Phi) is 9.71. The number of aromatic nitrogens is 2. The molecule has 1 fully saturated rings. The molecule has 1 saturated heterocycles. The summed E-state index contributed by atoms with van der Waals surface area (Å²) in [6, 6.07) is 6.70. The van der Waals surface area contributed by atoms with Crippen LogP contribution >= 0.6 is 0 Å². The number of hydrogen-bond acceptors (Lipinski definition) is 6. The molecule has 2 amide bonds. The molecular weight excluding hydrogens is 472 g/mol. The van der Waals surface area contributed by atoms with Crippen LogP contribution in [0.2, 0.25) is 0 Å². The van der Waals surface area contributed by atoms with Crippen molar-refractivity contribution >= 4 is 17.8 Å². The first-order valence-electron chi connectivity index (χ1n) is 13.6. The van der Waals surface area contributed by atoms with Gasteiger partial charge in [0.05, 0.1) is 17.9 Å². The number of carbonyl (C=O) groups is 3. The zero-order valence-electron chi connectivity index (χ0n) is 21.8. The highest BCUT2D eigenvalue weighted by atomic mass is 16.5. The van der Waals surface area contributed by atoms with E-state index in [1.54, 1.807) is 28.9 Å². The second-order valence-corrected chi connectivity index (χ2v) is 9.58. The van der Waals surface area contributed by atoms with E-state index in [1.165, 1.54) is 6.42 Å². The second kappa shape index (κ2) is 13.4. The summed E-state index contributed by atoms with van der Waals surface area (Å²) < 4.78 is 12.9. The molecule has 0 unspecified atom stereocenters. The van der Waals surface area contributed by atoms with Crippen molar-refractivity contribution in [2.75, 3.05) is 39.5 Å². The monoisotopic (exact) mass is 510 g/mol. The van der Waals surface area contributed by atoms with Crippen LogP contribution in [0.4, 0.5) is 0 Å². The van der Waals surface area contributed by atoms with E-state index in [9.17, 15) is 14.4 Å². The lowest BCUT2D eigenvalue weighted by atomic mass is 10.0. The molecule has 9 heteroatoms. The number of esters is 1. The smallest absolute Gasteiger partial charge is 0.338 e. The highest BCUT2D eigenvalue weighted by Crippen LogP contribution is 2.20. The number of amides is 2. The largest absolute Gasteiger partial charge is 0.462 e. The fraction of sp³-hybridized carbons (Fsp3) is 0.571. The maximum atomic E-state index is 12.9. The van der Waals surface area contributed by atoms with Gasteiger partial charge in [-0.2, -0.15) is 5.10 Å². The summed E-state index contributed by atoms with van der Waals surface area (Å²) >= 11 is 0. The third-order valence-corrected chi connectivity index (χ3v) is 6.92. The SMILES string of the molecule is CCn1nc(CCCOC(=O)c2ccc(C(=O)N3CCCCC3)cc2)c2c1C(=O)NCCCOCCC2. The molecule has 0 bridgehead atoms. The Labute approximate surface area is 218 Å². The van der Waals surface area contributed by atoms with Crippen LogP contribution in [0.25, 0.3) is 0 Å². The van der Waals surface area contributed by atoms with Crippen LogP contribution in [0.3, 0.4) is 0 Å². The molecule has 1 N–H and O–H groups in total. The molecular formula is C28H38N4O5. The number of piperidine rings is 1. The van der Waals surface area contributed by atoms with E-state index in [1.807, 2.05) is 11.8 Å². The average Bonchev–Trinajstić information content (AvgIpc) is 3.27. The number of aryl methyl sites for hydroxylation is 2. The van der Waals surface area contributed by atoms with Gasteiger partial charge in [-0.1, -0.05) is 0 Å². The van der Waals surface area contributed by atoms with Gasteiger partial charge in [0.1, 0.15) is 5.69 Å². The number of benzene rings is 1. The minimum atomic E-state index is -0.410. The Morgan fingerprint density at radius 1 is 1.03 bits per heavy atom. The minimum absolute atomic E-state index is 0.0168. The Balaban J connectivity index is 1.32. The number of fused-ring (bicyclic) bond motifs is 1. The van der Waals surface area contributed by atoms with Crippen LogP contribution < -0.4 is 5.32 Å². The summed E-state index contributed by atoms with van der Waals surface area (Å²) in [6.07, 6.45) is 6.80. The summed E-state index contributed by atoms with van der Waals surface area (Å²) in [5, 5.41) is 7.69. The van der Waals surface area contributed by atoms with Crippen molar-refractivity contribution in [3.8, 4) is 0 Å². The highest BCUT2D eigenvalue weighted by Gasteiger charge is 2.23. The molecule has 4 rings (SSSR count). The molecule has 0 radical (unpaired) electrons. The minimum Gasteiger partial charge on any atom is -0.462 e. The molecule has 9 nitrogen and oxygen atoms in total. The molecule has 2 aliphatic heterocycles. The van der Waals surface area contributed by atoms with Gasteiger partial charge in [0.25, 0.3) is 11.8 Å². The van der Waals surface area contributed by atoms with Gasteiger partial charge in [0.15, 0.2) is 0 Å². The Hall–Kier alpha value is -3.20. The van der Waals surface area contributed by atoms with Gasteiger partial charge in [0.2, 0.25) is 0 Å². The number of carbonyl (C=O) groups excluding carboxylic acids is 3. The molecule has 37 heavy (non-hydrogen) atoms. The molecule has 2 aliphatic rings. The molecule has 200 valence electrons. The lowest BCUT2D eigenvalue weighted by Crippen LogP contribution is -2.35. The maximum Gasteiger partial charge on any atom is 0.338 e. The van der Waals surface area contributed by atoms with Crippen molar-refractivity contribution < 1.29 is 23.9 Å². The van der Waals surface area contributed by atoms with Gasteiger partial charge in [-0.05, 0) is 82.6 Å². The molecule has 0 aliphatic carbocycles. The number of likely N-dealkylation sites (tertiary alicyclic amines) is 1. The van der Waals surface area contributed by atoms with E-state index in [-0.39, 0.29) is 18.4 Å². The molecule has 1 aromatic heterocycles. The summed E-state index contributed by atoms with van der Waals surface area (Å²) in [6.45, 7) is 6.30. The van der Waals surface area contributed by atoms with E-state index in [0.29, 0.717) is 56.0 Å². The van der Waals surface area contributed by atoms with E-state index in [2.05, 4.69) is 5.32 Å². The van der Waals surface area contributed by atoms with Gasteiger partial charge < -0.3 is 19.7 Å². The summed E-state index contributed by atoms with van der Waals surface area (Å²) in [5.74, 6) is -0.485. The highest BCUT2D eigenvalue weighted by molar-refractivity contribution is 5.96. The third-order valence-electron chi connectivity index (χ3n) is 6.92. The fourth-order valence-corrected chi connectivity index (χ4v) is 4.92. The Bertz CT molecular complexity index is 1070. The third kappa shape index (κ3) is 6.97. The van der Waals surface area contributed by atoms with E-state index >= 15 is 0 Å². The molecule has 0 spiro atoms. The van der Waals surface area contributed by atoms with Crippen LogP contribution in [0.5, 0.6) is 0 Å². The van der Waals surface area contributed by atoms with E-state index in [0.717, 1.165) is 56.5 Å². The number of rotatable bonds is 7. The molecule has 3 heterocycles. The zero-order valence-corrected chi connectivity index (χ0v) is 21.8. The summed E-state index contributed by atoms with van der Waals surface area (Å²) in [7, 11) is 0. The van der Waals surface area contributed by atoms with Gasteiger partial charge in [-0.15, -0.1) is 0 Å². The topological polar surface area (TPSA) is 103 Å². The lowest BCUT2D eigenvalue weighted by Gasteiger charge is -2.26. The lowest BCUT2D eigenvalue weighted by molar-refractivity contribution is 0.0499. The van der Waals surface area contributed by atoms with E-state index < -0.39 is 5.97 Å². The Morgan fingerprint density at radius 3 is 2.51 bits per heavy atom. The summed E-state index contributed by atoms with van der Waals surface area (Å²) in [4.78, 5) is 39.9. The van der Waals surface area contributed by atoms with Crippen molar-refractivity contribution in [3.05, 3.63) is 52.3 Å². The van der Waals surface area contributed by atoms with Crippen LogP contribution in [0, 0.1) is 0 Å². The van der Waals surface area contributed by atoms with Crippen molar-refractivity contribution in [2.45, 2.75) is 64.8 Å². The van der Waals surface area contributed by atoms with Gasteiger partial charge in [0, 0.05) is 50.5 Å². The predicted octanol–water partition coefficient (Wildman–Crippen LogP) is 3.40. The number of nitrogens with zero attached hydrogens (tertiary/aromatic N) is 3. The molecule has 2 aromatic rings. The van der Waals surface area contributed by atoms with Crippen LogP contribution in [0.15, 0.2) is 24.3 Å². The maximum absolute atomic E-state index is 12.9. The Morgan fingerprint density at radius 2 is 1.76 bits per heavy atom. The first-order valence-corrected chi connectivity index (χ1v) is 13.6. The average molecular weight is 511 g/mol. The first kappa shape index (κ1) is 26.9. The molecule has 1 aromatic carbocycles. The van der Waals surface area contributed by atoms with Crippen LogP contribution in [-0.2, 0) is 28.9 Å². The zero-order chi connectivity index (χ0) is 26.0. The summed E-state index contributed by atoms with van der Waals surface area (Å²) in [5.41, 5.74) is 3.50. The number of nitrogens with one attached hydrogen (secondary N) is 1. The van der Waals surface area contributed by atoms with Crippen molar-refractivity contribution in [1.82, 2.24) is 20.0 Å². The van der Waals surface area contributed by atoms with E-state index in [4.69, 9.17) is 14.6 Å². The standard InChI is InChI=1S/C28H38N4O5/c1-2-32-25-23(9-6-18-36-19-8-15-29-26(25)33)24(30-32)10-7-20-37-28(35)22-13-11-21(12-14-22)27(34)31-16-4-3-5-17-31/h11-14H,2-10,15-20H2,1H3,(H,29,33). The number of hydrogen-bond donors (Lipinski definition) is 1. The fourth-order valence-electron chi connectivity index (χ4n) is 4.92. The quantitative estimate of drug-likeness (QED) is 0.452. The van der Waals surface area contributed by atoms with Crippen molar-refractivity contribution in [2.24, 2.45) is 0 Å². The van der Waals surface area contributed by atoms with Crippen LogP contribution in [-0.4, -0.2) is 71.9 Å². The second-order valence-electron chi connectivity index (χ2n) is 9.58. The van der Waals surface area contributed by atoms with Crippen LogP contribution in [0.1, 0.15) is 87.9 Å². The first-order chi connectivity index (χ1) is 18.1. The van der Waals surface area contributed by atoms with Crippen molar-refractivity contribution in [1.29, 1.82) is 0 Å². The predicted molar refractivity (Wildman–Crippen MR) is 139 cm³/mol.